The van der Waals surface area contributed by atoms with Gasteiger partial charge in [0.2, 0.25) is 0 Å². The van der Waals surface area contributed by atoms with Gasteiger partial charge in [0.05, 0.1) is 11.3 Å². The van der Waals surface area contributed by atoms with Crippen molar-refractivity contribution in [3.63, 3.8) is 0 Å². The van der Waals surface area contributed by atoms with Gasteiger partial charge < -0.3 is 5.11 Å². The lowest BCUT2D eigenvalue weighted by molar-refractivity contribution is 0.0692. The third-order valence-corrected chi connectivity index (χ3v) is 4.91. The van der Waals surface area contributed by atoms with Crippen LogP contribution in [-0.2, 0) is 5.75 Å². The van der Waals surface area contributed by atoms with E-state index in [9.17, 15) is 4.79 Å². The molecule has 1 aromatic carbocycles. The van der Waals surface area contributed by atoms with Crippen LogP contribution in [0.25, 0.3) is 10.6 Å². The van der Waals surface area contributed by atoms with Gasteiger partial charge in [0, 0.05) is 22.9 Å². The SMILES string of the molecule is O=C(O)c1cccnc1SCc1csc(-c2ccccc2)n1. The number of carbonyl (C=O) groups is 1. The first kappa shape index (κ1) is 14.7. The number of benzene rings is 1. The first-order valence-corrected chi connectivity index (χ1v) is 8.41. The van der Waals surface area contributed by atoms with E-state index in [1.807, 2.05) is 35.7 Å². The van der Waals surface area contributed by atoms with E-state index in [1.54, 1.807) is 29.7 Å². The lowest BCUT2D eigenvalue weighted by atomic mass is 10.2. The zero-order valence-electron chi connectivity index (χ0n) is 11.5. The molecule has 0 atom stereocenters. The Hall–Kier alpha value is -2.18. The van der Waals surface area contributed by atoms with E-state index in [2.05, 4.69) is 9.97 Å². The van der Waals surface area contributed by atoms with Crippen LogP contribution in [0.2, 0.25) is 0 Å². The molecule has 3 rings (SSSR count). The number of nitrogens with zero attached hydrogens (tertiary/aromatic N) is 2. The van der Waals surface area contributed by atoms with Crippen molar-refractivity contribution in [2.75, 3.05) is 0 Å². The Morgan fingerprint density at radius 1 is 1.18 bits per heavy atom. The molecule has 0 aliphatic heterocycles. The average Bonchev–Trinajstić information content (AvgIpc) is 3.03. The van der Waals surface area contributed by atoms with E-state index in [0.717, 1.165) is 16.3 Å². The normalized spacial score (nSPS) is 10.5. The Morgan fingerprint density at radius 3 is 2.77 bits per heavy atom. The van der Waals surface area contributed by atoms with E-state index in [4.69, 9.17) is 5.11 Å². The lowest BCUT2D eigenvalue weighted by Crippen LogP contribution is -2.00. The van der Waals surface area contributed by atoms with Gasteiger partial charge in [-0.1, -0.05) is 42.1 Å². The first-order chi connectivity index (χ1) is 10.7. The molecule has 0 radical (unpaired) electrons. The highest BCUT2D eigenvalue weighted by atomic mass is 32.2. The molecule has 0 aliphatic rings. The molecule has 0 spiro atoms. The Morgan fingerprint density at radius 2 is 2.00 bits per heavy atom. The molecule has 110 valence electrons. The molecular formula is C16H12N2O2S2. The minimum atomic E-state index is -0.959. The molecule has 3 aromatic rings. The molecule has 0 aliphatic carbocycles. The van der Waals surface area contributed by atoms with E-state index < -0.39 is 5.97 Å². The van der Waals surface area contributed by atoms with Gasteiger partial charge in [-0.25, -0.2) is 14.8 Å². The van der Waals surface area contributed by atoms with Gasteiger partial charge in [-0.2, -0.15) is 0 Å². The average molecular weight is 328 g/mol. The zero-order valence-corrected chi connectivity index (χ0v) is 13.1. The largest absolute Gasteiger partial charge is 0.478 e. The third kappa shape index (κ3) is 3.35. The van der Waals surface area contributed by atoms with Gasteiger partial charge in [-0.05, 0) is 12.1 Å². The number of thioether (sulfide) groups is 1. The van der Waals surface area contributed by atoms with Gasteiger partial charge in [-0.15, -0.1) is 11.3 Å². The first-order valence-electron chi connectivity index (χ1n) is 6.55. The molecule has 0 bridgehead atoms. The molecule has 2 heterocycles. The number of carboxylic acid groups (broad SMARTS) is 1. The zero-order chi connectivity index (χ0) is 15.4. The quantitative estimate of drug-likeness (QED) is 0.711. The fourth-order valence-electron chi connectivity index (χ4n) is 1.90. The minimum absolute atomic E-state index is 0.228. The smallest absolute Gasteiger partial charge is 0.338 e. The third-order valence-electron chi connectivity index (χ3n) is 2.93. The van der Waals surface area contributed by atoms with Gasteiger partial charge in [0.15, 0.2) is 0 Å². The molecule has 6 heteroatoms. The van der Waals surface area contributed by atoms with Crippen LogP contribution in [0.1, 0.15) is 16.1 Å². The highest BCUT2D eigenvalue weighted by Crippen LogP contribution is 2.28. The van der Waals surface area contributed by atoms with E-state index in [1.165, 1.54) is 11.8 Å². The maximum absolute atomic E-state index is 11.2. The van der Waals surface area contributed by atoms with Crippen molar-refractivity contribution in [2.45, 2.75) is 10.8 Å². The number of aromatic carboxylic acids is 1. The van der Waals surface area contributed by atoms with Gasteiger partial charge in [0.25, 0.3) is 0 Å². The van der Waals surface area contributed by atoms with E-state index in [0.29, 0.717) is 10.8 Å². The molecule has 1 N–H and O–H groups in total. The van der Waals surface area contributed by atoms with Crippen molar-refractivity contribution in [3.05, 3.63) is 65.3 Å². The molecule has 0 fully saturated rings. The van der Waals surface area contributed by atoms with Crippen LogP contribution in [-0.4, -0.2) is 21.0 Å². The van der Waals surface area contributed by atoms with Crippen molar-refractivity contribution in [1.29, 1.82) is 0 Å². The molecule has 2 aromatic heterocycles. The second-order valence-electron chi connectivity index (χ2n) is 4.46. The molecule has 0 amide bonds. The summed E-state index contributed by atoms with van der Waals surface area (Å²) in [5, 5.41) is 12.6. The number of hydrogen-bond acceptors (Lipinski definition) is 5. The predicted molar refractivity (Wildman–Crippen MR) is 88.3 cm³/mol. The lowest BCUT2D eigenvalue weighted by Gasteiger charge is -2.02. The molecule has 0 saturated carbocycles. The standard InChI is InChI=1S/C16H12N2O2S2/c19-16(20)13-7-4-8-17-15(13)22-10-12-9-21-14(18-12)11-5-2-1-3-6-11/h1-9H,10H2,(H,19,20). The van der Waals surface area contributed by atoms with E-state index in [-0.39, 0.29) is 5.56 Å². The van der Waals surface area contributed by atoms with E-state index >= 15 is 0 Å². The topological polar surface area (TPSA) is 63.1 Å². The summed E-state index contributed by atoms with van der Waals surface area (Å²) >= 11 is 2.98. The summed E-state index contributed by atoms with van der Waals surface area (Å²) in [6, 6.07) is 13.2. The van der Waals surface area contributed by atoms with Crippen molar-refractivity contribution in [2.24, 2.45) is 0 Å². The Balaban J connectivity index is 1.73. The maximum atomic E-state index is 11.2. The van der Waals surface area contributed by atoms with Gasteiger partial charge >= 0.3 is 5.97 Å². The van der Waals surface area contributed by atoms with Crippen molar-refractivity contribution in [1.82, 2.24) is 9.97 Å². The number of thiazole rings is 1. The van der Waals surface area contributed by atoms with Crippen molar-refractivity contribution >= 4 is 29.1 Å². The summed E-state index contributed by atoms with van der Waals surface area (Å²) in [6.07, 6.45) is 1.60. The van der Waals surface area contributed by atoms with Crippen LogP contribution in [0.3, 0.4) is 0 Å². The summed E-state index contributed by atoms with van der Waals surface area (Å²) < 4.78 is 0. The minimum Gasteiger partial charge on any atom is -0.478 e. The predicted octanol–water partition coefficient (Wildman–Crippen LogP) is 4.20. The number of aromatic nitrogens is 2. The maximum Gasteiger partial charge on any atom is 0.338 e. The van der Waals surface area contributed by atoms with Crippen LogP contribution in [0.15, 0.2) is 59.1 Å². The molecular weight excluding hydrogens is 316 g/mol. The Kier molecular flexibility index (Phi) is 4.50. The van der Waals surface area contributed by atoms with Gasteiger partial charge in [0.1, 0.15) is 10.0 Å². The fraction of sp³-hybridized carbons (Fsp3) is 0.0625. The fourth-order valence-corrected chi connectivity index (χ4v) is 3.71. The van der Waals surface area contributed by atoms with Crippen LogP contribution in [0.4, 0.5) is 0 Å². The van der Waals surface area contributed by atoms with Crippen molar-refractivity contribution in [3.8, 4) is 10.6 Å². The van der Waals surface area contributed by atoms with Crippen molar-refractivity contribution < 1.29 is 9.90 Å². The summed E-state index contributed by atoms with van der Waals surface area (Å²) in [7, 11) is 0. The number of carboxylic acids is 1. The highest BCUT2D eigenvalue weighted by Gasteiger charge is 2.12. The van der Waals surface area contributed by atoms with Crippen LogP contribution < -0.4 is 0 Å². The monoisotopic (exact) mass is 328 g/mol. The summed E-state index contributed by atoms with van der Waals surface area (Å²) in [5.41, 5.74) is 2.25. The Labute approximate surface area is 135 Å². The molecule has 22 heavy (non-hydrogen) atoms. The highest BCUT2D eigenvalue weighted by molar-refractivity contribution is 7.98. The molecule has 0 saturated heterocycles. The van der Waals surface area contributed by atoms with Crippen LogP contribution >= 0.6 is 23.1 Å². The van der Waals surface area contributed by atoms with Crippen LogP contribution in [0, 0.1) is 0 Å². The number of hydrogen-bond donors (Lipinski definition) is 1. The molecule has 0 unspecified atom stereocenters. The van der Waals surface area contributed by atoms with Crippen LogP contribution in [0.5, 0.6) is 0 Å². The summed E-state index contributed by atoms with van der Waals surface area (Å²) in [4.78, 5) is 19.9. The number of pyridine rings is 1. The second-order valence-corrected chi connectivity index (χ2v) is 6.28. The van der Waals surface area contributed by atoms with Gasteiger partial charge in [-0.3, -0.25) is 0 Å². The number of rotatable bonds is 5. The summed E-state index contributed by atoms with van der Waals surface area (Å²) in [5.74, 6) is -0.362. The second kappa shape index (κ2) is 6.72. The molecule has 4 nitrogen and oxygen atoms in total. The Bertz CT molecular complexity index is 788. The summed E-state index contributed by atoms with van der Waals surface area (Å²) in [6.45, 7) is 0.